The first-order valence-electron chi connectivity index (χ1n) is 9.04. The second-order valence-electron chi connectivity index (χ2n) is 7.63. The molecule has 3 aromatic rings. The van der Waals surface area contributed by atoms with Crippen LogP contribution in [0.1, 0.15) is 31.0 Å². The summed E-state index contributed by atoms with van der Waals surface area (Å²) in [5.74, 6) is 2.61. The zero-order chi connectivity index (χ0) is 18.6. The summed E-state index contributed by atoms with van der Waals surface area (Å²) in [7, 11) is 1.71. The van der Waals surface area contributed by atoms with Crippen molar-refractivity contribution in [2.24, 2.45) is 5.92 Å². The van der Waals surface area contributed by atoms with Crippen LogP contribution in [0.3, 0.4) is 0 Å². The summed E-state index contributed by atoms with van der Waals surface area (Å²) in [4.78, 5) is 0. The molecule has 0 unspecified atom stereocenters. The Hall–Kier alpha value is -3.09. The number of nitrogens with zero attached hydrogens (tertiary/aromatic N) is 3. The summed E-state index contributed by atoms with van der Waals surface area (Å²) >= 11 is 0. The van der Waals surface area contributed by atoms with Gasteiger partial charge in [-0.1, -0.05) is 19.9 Å². The number of H-pyrrole nitrogens is 1. The van der Waals surface area contributed by atoms with Crippen LogP contribution in [0.5, 0.6) is 11.5 Å². The molecule has 7 heteroatoms. The van der Waals surface area contributed by atoms with Gasteiger partial charge in [0.1, 0.15) is 11.5 Å². The summed E-state index contributed by atoms with van der Waals surface area (Å²) in [6, 6.07) is 12.4. The zero-order valence-corrected chi connectivity index (χ0v) is 15.5. The lowest BCUT2D eigenvalue weighted by atomic mass is 9.65. The normalized spacial score (nSPS) is 21.9. The molecule has 2 atom stereocenters. The number of ether oxygens (including phenoxy) is 2. The van der Waals surface area contributed by atoms with Crippen LogP contribution in [0.2, 0.25) is 0 Å². The third-order valence-electron chi connectivity index (χ3n) is 5.93. The van der Waals surface area contributed by atoms with E-state index in [9.17, 15) is 0 Å². The molecule has 2 aromatic carbocycles. The van der Waals surface area contributed by atoms with Crippen molar-refractivity contribution in [2.45, 2.75) is 25.3 Å². The zero-order valence-electron chi connectivity index (χ0n) is 15.5. The smallest absolute Gasteiger partial charge is 0.204 e. The minimum absolute atomic E-state index is 0.108. The van der Waals surface area contributed by atoms with E-state index in [1.54, 1.807) is 7.11 Å². The number of rotatable bonds is 2. The van der Waals surface area contributed by atoms with E-state index in [1.807, 2.05) is 24.3 Å². The van der Waals surface area contributed by atoms with Crippen molar-refractivity contribution in [3.8, 4) is 22.9 Å². The molecule has 1 aromatic heterocycles. The van der Waals surface area contributed by atoms with Gasteiger partial charge in [0.25, 0.3) is 0 Å². The Morgan fingerprint density at radius 3 is 2.89 bits per heavy atom. The summed E-state index contributed by atoms with van der Waals surface area (Å²) < 4.78 is 11.8. The largest absolute Gasteiger partial charge is 0.496 e. The SMILES string of the molecule is COc1cccc2c1[C@H]1Nc3ccc(-c4nn[nH]n4)cc3C(C)(C)[C@H]1CO2. The van der Waals surface area contributed by atoms with E-state index in [4.69, 9.17) is 9.47 Å². The van der Waals surface area contributed by atoms with Crippen LogP contribution in [0.25, 0.3) is 11.4 Å². The number of methoxy groups -OCH3 is 1. The van der Waals surface area contributed by atoms with Crippen molar-refractivity contribution < 1.29 is 9.47 Å². The fourth-order valence-corrected chi connectivity index (χ4v) is 4.40. The van der Waals surface area contributed by atoms with E-state index < -0.39 is 0 Å². The number of hydrogen-bond acceptors (Lipinski definition) is 6. The van der Waals surface area contributed by atoms with Gasteiger partial charge in [-0.25, -0.2) is 0 Å². The molecule has 0 bridgehead atoms. The molecular weight excluding hydrogens is 342 g/mol. The summed E-state index contributed by atoms with van der Waals surface area (Å²) in [6.07, 6.45) is 0. The second kappa shape index (κ2) is 5.70. The lowest BCUT2D eigenvalue weighted by molar-refractivity contribution is 0.133. The molecule has 2 aliphatic rings. The standard InChI is InChI=1S/C20H21N5O2/c1-20(2)12-9-11(19-22-24-25-23-19)7-8-14(12)21-18-13(20)10-27-16-6-4-5-15(26-3)17(16)18/h4-9,13,18,21H,10H2,1-3H3,(H,22,23,24,25)/t13-,18-/m0/s1. The minimum Gasteiger partial charge on any atom is -0.496 e. The van der Waals surface area contributed by atoms with E-state index in [0.717, 1.165) is 28.3 Å². The van der Waals surface area contributed by atoms with Crippen molar-refractivity contribution in [3.63, 3.8) is 0 Å². The molecule has 2 aliphatic heterocycles. The maximum atomic E-state index is 6.13. The Morgan fingerprint density at radius 2 is 2.11 bits per heavy atom. The lowest BCUT2D eigenvalue weighted by Gasteiger charge is -2.48. The molecule has 0 amide bonds. The number of hydrogen-bond donors (Lipinski definition) is 2. The third kappa shape index (κ3) is 2.31. The van der Waals surface area contributed by atoms with Gasteiger partial charge < -0.3 is 14.8 Å². The fraction of sp³-hybridized carbons (Fsp3) is 0.350. The van der Waals surface area contributed by atoms with Gasteiger partial charge in [0, 0.05) is 22.6 Å². The topological polar surface area (TPSA) is 85.0 Å². The highest BCUT2D eigenvalue weighted by atomic mass is 16.5. The van der Waals surface area contributed by atoms with Crippen LogP contribution in [0, 0.1) is 5.92 Å². The van der Waals surface area contributed by atoms with E-state index >= 15 is 0 Å². The number of aromatic amines is 1. The Morgan fingerprint density at radius 1 is 1.22 bits per heavy atom. The second-order valence-corrected chi connectivity index (χ2v) is 7.63. The summed E-state index contributed by atoms with van der Waals surface area (Å²) in [6.45, 7) is 5.19. The Labute approximate surface area is 157 Å². The molecule has 7 nitrogen and oxygen atoms in total. The predicted octanol–water partition coefficient (Wildman–Crippen LogP) is 3.33. The molecular formula is C20H21N5O2. The van der Waals surface area contributed by atoms with E-state index in [2.05, 4.69) is 51.9 Å². The number of fused-ring (bicyclic) bond motifs is 4. The van der Waals surface area contributed by atoms with E-state index in [1.165, 1.54) is 5.56 Å². The molecule has 27 heavy (non-hydrogen) atoms. The van der Waals surface area contributed by atoms with Gasteiger partial charge in [0.05, 0.1) is 25.3 Å². The maximum absolute atomic E-state index is 6.13. The van der Waals surface area contributed by atoms with Crippen LogP contribution in [-0.2, 0) is 5.41 Å². The summed E-state index contributed by atoms with van der Waals surface area (Å²) in [5, 5.41) is 18.1. The number of nitrogens with one attached hydrogen (secondary N) is 2. The predicted molar refractivity (Wildman–Crippen MR) is 101 cm³/mol. The van der Waals surface area contributed by atoms with Crippen molar-refractivity contribution in [2.75, 3.05) is 19.0 Å². The number of benzene rings is 2. The fourth-order valence-electron chi connectivity index (χ4n) is 4.40. The number of tetrazole rings is 1. The Kier molecular flexibility index (Phi) is 3.40. The molecule has 0 saturated carbocycles. The lowest BCUT2D eigenvalue weighted by Crippen LogP contribution is -2.46. The summed E-state index contributed by atoms with van der Waals surface area (Å²) in [5.41, 5.74) is 4.28. The van der Waals surface area contributed by atoms with Crippen LogP contribution < -0.4 is 14.8 Å². The van der Waals surface area contributed by atoms with Crippen LogP contribution in [0.15, 0.2) is 36.4 Å². The van der Waals surface area contributed by atoms with Crippen LogP contribution in [0.4, 0.5) is 5.69 Å². The highest BCUT2D eigenvalue weighted by Gasteiger charge is 2.47. The third-order valence-corrected chi connectivity index (χ3v) is 5.93. The molecule has 0 fully saturated rings. The molecule has 2 N–H and O–H groups in total. The van der Waals surface area contributed by atoms with Crippen molar-refractivity contribution >= 4 is 5.69 Å². The molecule has 0 aliphatic carbocycles. The van der Waals surface area contributed by atoms with Gasteiger partial charge in [-0.3, -0.25) is 0 Å². The molecule has 5 rings (SSSR count). The van der Waals surface area contributed by atoms with Gasteiger partial charge >= 0.3 is 0 Å². The van der Waals surface area contributed by atoms with Gasteiger partial charge in [-0.15, -0.1) is 10.2 Å². The monoisotopic (exact) mass is 363 g/mol. The highest BCUT2D eigenvalue weighted by molar-refractivity contribution is 5.68. The van der Waals surface area contributed by atoms with Gasteiger partial charge in [0.15, 0.2) is 0 Å². The highest BCUT2D eigenvalue weighted by Crippen LogP contribution is 2.54. The van der Waals surface area contributed by atoms with E-state index in [0.29, 0.717) is 12.4 Å². The van der Waals surface area contributed by atoms with Gasteiger partial charge in [-0.05, 0) is 41.1 Å². The van der Waals surface area contributed by atoms with Gasteiger partial charge in [-0.2, -0.15) is 5.21 Å². The van der Waals surface area contributed by atoms with Crippen molar-refractivity contribution in [1.82, 2.24) is 20.6 Å². The average molecular weight is 363 g/mol. The first-order chi connectivity index (χ1) is 13.1. The van der Waals surface area contributed by atoms with E-state index in [-0.39, 0.29) is 17.4 Å². The quantitative estimate of drug-likeness (QED) is 0.726. The average Bonchev–Trinajstić information content (AvgIpc) is 3.22. The minimum atomic E-state index is -0.108. The molecule has 138 valence electrons. The van der Waals surface area contributed by atoms with Crippen LogP contribution >= 0.6 is 0 Å². The molecule has 3 heterocycles. The number of anilines is 1. The molecule has 0 radical (unpaired) electrons. The van der Waals surface area contributed by atoms with Crippen molar-refractivity contribution in [1.29, 1.82) is 0 Å². The maximum Gasteiger partial charge on any atom is 0.204 e. The Bertz CT molecular complexity index is 985. The van der Waals surface area contributed by atoms with Crippen molar-refractivity contribution in [3.05, 3.63) is 47.5 Å². The van der Waals surface area contributed by atoms with Crippen LogP contribution in [-0.4, -0.2) is 34.3 Å². The first kappa shape index (κ1) is 16.1. The number of aromatic nitrogens is 4. The molecule has 0 saturated heterocycles. The van der Waals surface area contributed by atoms with Gasteiger partial charge in [0.2, 0.25) is 5.82 Å². The Balaban J connectivity index is 1.64. The molecule has 0 spiro atoms. The first-order valence-corrected chi connectivity index (χ1v) is 9.04.